The van der Waals surface area contributed by atoms with E-state index in [1.54, 1.807) is 0 Å². The van der Waals surface area contributed by atoms with Crippen LogP contribution in [0, 0.1) is 0 Å². The summed E-state index contributed by atoms with van der Waals surface area (Å²) in [5, 5.41) is 23.2. The molecule has 0 radical (unpaired) electrons. The van der Waals surface area contributed by atoms with Crippen LogP contribution in [0.4, 0.5) is 0 Å². The van der Waals surface area contributed by atoms with Crippen LogP contribution in [0.1, 0.15) is 5.82 Å². The molecule has 0 saturated heterocycles. The van der Waals surface area contributed by atoms with E-state index in [-0.39, 0.29) is 6.54 Å². The number of H-pyrrole nitrogens is 1. The third-order valence-electron chi connectivity index (χ3n) is 1.19. The van der Waals surface area contributed by atoms with Crippen molar-refractivity contribution in [2.24, 2.45) is 0 Å². The van der Waals surface area contributed by atoms with Gasteiger partial charge in [-0.2, -0.15) is 5.21 Å². The van der Waals surface area contributed by atoms with E-state index >= 15 is 0 Å². The first-order valence-corrected chi connectivity index (χ1v) is 3.59. The number of hydrogen-bond acceptors (Lipinski definition) is 5. The lowest BCUT2D eigenvalue weighted by molar-refractivity contribution is -0.131. The SMILES string of the molecule is O=C(O)C=CC(=O)NCc1nn[nH]n1. The number of aromatic nitrogens is 4. The van der Waals surface area contributed by atoms with Gasteiger partial charge in [0, 0.05) is 12.2 Å². The Morgan fingerprint density at radius 3 is 2.86 bits per heavy atom. The van der Waals surface area contributed by atoms with Gasteiger partial charge in [-0.25, -0.2) is 4.79 Å². The second-order valence-electron chi connectivity index (χ2n) is 2.22. The highest BCUT2D eigenvalue weighted by Gasteiger charge is 2.00. The Morgan fingerprint density at radius 2 is 2.29 bits per heavy atom. The number of amides is 1. The van der Waals surface area contributed by atoms with Gasteiger partial charge < -0.3 is 10.4 Å². The van der Waals surface area contributed by atoms with Crippen molar-refractivity contribution in [3.05, 3.63) is 18.0 Å². The Morgan fingerprint density at radius 1 is 1.50 bits per heavy atom. The fourth-order valence-electron chi connectivity index (χ4n) is 0.629. The lowest BCUT2D eigenvalue weighted by Gasteiger charge is -1.95. The molecule has 0 aliphatic heterocycles. The number of nitrogens with zero attached hydrogens (tertiary/aromatic N) is 3. The average molecular weight is 197 g/mol. The first-order chi connectivity index (χ1) is 6.68. The van der Waals surface area contributed by atoms with Crippen LogP contribution in [0.5, 0.6) is 0 Å². The Bertz CT molecular complexity index is 344. The maximum absolute atomic E-state index is 10.9. The molecule has 74 valence electrons. The minimum absolute atomic E-state index is 0.0965. The van der Waals surface area contributed by atoms with Gasteiger partial charge in [-0.1, -0.05) is 5.21 Å². The smallest absolute Gasteiger partial charge is 0.328 e. The van der Waals surface area contributed by atoms with Crippen LogP contribution in [0.15, 0.2) is 12.2 Å². The minimum Gasteiger partial charge on any atom is -0.478 e. The summed E-state index contributed by atoms with van der Waals surface area (Å²) in [6.07, 6.45) is 1.65. The highest BCUT2D eigenvalue weighted by molar-refractivity contribution is 5.93. The van der Waals surface area contributed by atoms with Crippen LogP contribution < -0.4 is 5.32 Å². The van der Waals surface area contributed by atoms with Crippen molar-refractivity contribution in [2.45, 2.75) is 6.54 Å². The van der Waals surface area contributed by atoms with Gasteiger partial charge in [0.1, 0.15) is 0 Å². The molecule has 3 N–H and O–H groups in total. The number of rotatable bonds is 4. The normalized spacial score (nSPS) is 10.3. The van der Waals surface area contributed by atoms with Crippen molar-refractivity contribution < 1.29 is 14.7 Å². The van der Waals surface area contributed by atoms with Crippen LogP contribution in [0.2, 0.25) is 0 Å². The highest BCUT2D eigenvalue weighted by Crippen LogP contribution is 1.82. The van der Waals surface area contributed by atoms with E-state index in [4.69, 9.17) is 5.11 Å². The van der Waals surface area contributed by atoms with Crippen molar-refractivity contribution >= 4 is 11.9 Å². The van der Waals surface area contributed by atoms with Gasteiger partial charge >= 0.3 is 5.97 Å². The zero-order valence-corrected chi connectivity index (χ0v) is 6.97. The predicted octanol–water partition coefficient (Wildman–Crippen LogP) is -1.54. The minimum atomic E-state index is -1.18. The summed E-state index contributed by atoms with van der Waals surface area (Å²) in [6.45, 7) is 0.0965. The summed E-state index contributed by atoms with van der Waals surface area (Å²) < 4.78 is 0. The fraction of sp³-hybridized carbons (Fsp3) is 0.167. The molecule has 1 heterocycles. The number of carboxylic acid groups (broad SMARTS) is 1. The van der Waals surface area contributed by atoms with E-state index in [0.717, 1.165) is 12.2 Å². The summed E-state index contributed by atoms with van der Waals surface area (Å²) in [6, 6.07) is 0. The molecule has 0 fully saturated rings. The molecule has 0 aliphatic rings. The number of aliphatic carboxylic acids is 1. The van der Waals surface area contributed by atoms with Crippen molar-refractivity contribution in [1.82, 2.24) is 25.9 Å². The van der Waals surface area contributed by atoms with Crippen LogP contribution in [-0.4, -0.2) is 37.6 Å². The largest absolute Gasteiger partial charge is 0.478 e. The van der Waals surface area contributed by atoms with E-state index < -0.39 is 11.9 Å². The summed E-state index contributed by atoms with van der Waals surface area (Å²) in [4.78, 5) is 20.9. The predicted molar refractivity (Wildman–Crippen MR) is 42.8 cm³/mol. The fourth-order valence-corrected chi connectivity index (χ4v) is 0.629. The van der Waals surface area contributed by atoms with Gasteiger partial charge in [-0.05, 0) is 0 Å². The number of tetrazole rings is 1. The van der Waals surface area contributed by atoms with Crippen molar-refractivity contribution in [2.75, 3.05) is 0 Å². The van der Waals surface area contributed by atoms with Crippen molar-refractivity contribution in [3.63, 3.8) is 0 Å². The molecule has 0 unspecified atom stereocenters. The van der Waals surface area contributed by atoms with Crippen LogP contribution in [-0.2, 0) is 16.1 Å². The summed E-state index contributed by atoms with van der Waals surface area (Å²) in [5.41, 5.74) is 0. The topological polar surface area (TPSA) is 121 Å². The molecule has 0 aromatic carbocycles. The standard InChI is InChI=1S/C6H7N5O3/c12-5(1-2-6(13)14)7-3-4-8-10-11-9-4/h1-2H,3H2,(H,7,12)(H,13,14)(H,8,9,10,11). The lowest BCUT2D eigenvalue weighted by atomic mass is 10.4. The van der Waals surface area contributed by atoms with Gasteiger partial charge in [-0.3, -0.25) is 4.79 Å². The quantitative estimate of drug-likeness (QED) is 0.503. The summed E-state index contributed by atoms with van der Waals surface area (Å²) >= 11 is 0. The van der Waals surface area contributed by atoms with Gasteiger partial charge in [0.15, 0.2) is 5.82 Å². The van der Waals surface area contributed by atoms with Gasteiger partial charge in [0.2, 0.25) is 5.91 Å². The Hall–Kier alpha value is -2.25. The van der Waals surface area contributed by atoms with Crippen LogP contribution in [0.25, 0.3) is 0 Å². The van der Waals surface area contributed by atoms with E-state index in [1.807, 2.05) is 0 Å². The van der Waals surface area contributed by atoms with E-state index in [2.05, 4.69) is 25.9 Å². The monoisotopic (exact) mass is 197 g/mol. The van der Waals surface area contributed by atoms with Gasteiger partial charge in [0.25, 0.3) is 0 Å². The van der Waals surface area contributed by atoms with Crippen LogP contribution >= 0.6 is 0 Å². The van der Waals surface area contributed by atoms with E-state index in [1.165, 1.54) is 0 Å². The lowest BCUT2D eigenvalue weighted by Crippen LogP contribution is -2.21. The van der Waals surface area contributed by atoms with Gasteiger partial charge in [0.05, 0.1) is 6.54 Å². The molecule has 8 nitrogen and oxygen atoms in total. The molecule has 0 saturated carbocycles. The Balaban J connectivity index is 2.32. The molecule has 0 bridgehead atoms. The molecule has 1 rings (SSSR count). The van der Waals surface area contributed by atoms with Crippen molar-refractivity contribution in [1.29, 1.82) is 0 Å². The second-order valence-corrected chi connectivity index (χ2v) is 2.22. The zero-order chi connectivity index (χ0) is 10.4. The molecule has 0 atom stereocenters. The Kier molecular flexibility index (Phi) is 3.30. The summed E-state index contributed by atoms with van der Waals surface area (Å²) in [5.74, 6) is -1.39. The first-order valence-electron chi connectivity index (χ1n) is 3.59. The maximum Gasteiger partial charge on any atom is 0.328 e. The molecule has 8 heteroatoms. The van der Waals surface area contributed by atoms with E-state index in [9.17, 15) is 9.59 Å². The number of carbonyl (C=O) groups is 2. The maximum atomic E-state index is 10.9. The number of nitrogens with one attached hydrogen (secondary N) is 2. The third-order valence-corrected chi connectivity index (χ3v) is 1.19. The zero-order valence-electron chi connectivity index (χ0n) is 6.97. The summed E-state index contributed by atoms with van der Waals surface area (Å²) in [7, 11) is 0. The number of carboxylic acids is 1. The van der Waals surface area contributed by atoms with Crippen molar-refractivity contribution in [3.8, 4) is 0 Å². The first kappa shape index (κ1) is 9.84. The van der Waals surface area contributed by atoms with E-state index in [0.29, 0.717) is 5.82 Å². The number of aromatic amines is 1. The molecule has 1 amide bonds. The molecule has 1 aromatic rings. The molecule has 0 spiro atoms. The molecule has 0 aliphatic carbocycles. The average Bonchev–Trinajstić information content (AvgIpc) is 2.63. The van der Waals surface area contributed by atoms with Crippen LogP contribution in [0.3, 0.4) is 0 Å². The number of hydrogen-bond donors (Lipinski definition) is 3. The second kappa shape index (κ2) is 4.70. The highest BCUT2D eigenvalue weighted by atomic mass is 16.4. The molecule has 1 aromatic heterocycles. The molecule has 14 heavy (non-hydrogen) atoms. The Labute approximate surface area is 78.0 Å². The third kappa shape index (κ3) is 3.43. The number of carbonyl (C=O) groups excluding carboxylic acids is 1. The van der Waals surface area contributed by atoms with Gasteiger partial charge in [-0.15, -0.1) is 10.2 Å². The molecular formula is C6H7N5O3. The molecular weight excluding hydrogens is 190 g/mol.